The maximum atomic E-state index is 12.4. The average molecular weight is 342 g/mol. The van der Waals surface area contributed by atoms with Crippen molar-refractivity contribution in [1.82, 2.24) is 20.4 Å². The van der Waals surface area contributed by atoms with Crippen molar-refractivity contribution in [3.63, 3.8) is 0 Å². The number of hydrogen-bond acceptors (Lipinski definition) is 3. The molecule has 134 valence electrons. The zero-order chi connectivity index (χ0) is 17.5. The van der Waals surface area contributed by atoms with Crippen LogP contribution >= 0.6 is 0 Å². The van der Waals surface area contributed by atoms with Crippen molar-refractivity contribution in [2.45, 2.75) is 50.2 Å². The van der Waals surface area contributed by atoms with Crippen LogP contribution in [0.2, 0.25) is 0 Å². The molecule has 6 heteroatoms. The Balaban J connectivity index is 1.56. The summed E-state index contributed by atoms with van der Waals surface area (Å²) >= 11 is 0. The lowest BCUT2D eigenvalue weighted by atomic mass is 9.90. The summed E-state index contributed by atoms with van der Waals surface area (Å²) in [5, 5.41) is 19.9. The number of hydrogen-bond donors (Lipinski definition) is 3. The highest BCUT2D eigenvalue weighted by molar-refractivity contribution is 5.74. The predicted octanol–water partition coefficient (Wildman–Crippen LogP) is 2.27. The van der Waals surface area contributed by atoms with Gasteiger partial charge in [-0.1, -0.05) is 43.2 Å². The maximum Gasteiger partial charge on any atom is 0.315 e. The number of aliphatic hydroxyl groups is 1. The lowest BCUT2D eigenvalue weighted by molar-refractivity contribution is 0.198. The van der Waals surface area contributed by atoms with Gasteiger partial charge in [0.05, 0.1) is 24.7 Å². The van der Waals surface area contributed by atoms with Gasteiger partial charge in [0.25, 0.3) is 0 Å². The van der Waals surface area contributed by atoms with E-state index in [9.17, 15) is 9.90 Å². The first-order valence-corrected chi connectivity index (χ1v) is 8.97. The van der Waals surface area contributed by atoms with E-state index >= 15 is 0 Å². The predicted molar refractivity (Wildman–Crippen MR) is 96.2 cm³/mol. The number of amides is 2. The molecule has 0 unspecified atom stereocenters. The van der Waals surface area contributed by atoms with Gasteiger partial charge in [-0.15, -0.1) is 0 Å². The maximum absolute atomic E-state index is 12.4. The Bertz CT molecular complexity index is 645. The second-order valence-corrected chi connectivity index (χ2v) is 6.63. The van der Waals surface area contributed by atoms with Gasteiger partial charge in [-0.2, -0.15) is 5.10 Å². The highest BCUT2D eigenvalue weighted by Gasteiger charge is 2.28. The summed E-state index contributed by atoms with van der Waals surface area (Å²) < 4.78 is 1.94. The Morgan fingerprint density at radius 2 is 2.04 bits per heavy atom. The monoisotopic (exact) mass is 342 g/mol. The number of nitrogens with zero attached hydrogens (tertiary/aromatic N) is 2. The number of aromatic nitrogens is 2. The van der Waals surface area contributed by atoms with Crippen molar-refractivity contribution in [2.75, 3.05) is 6.61 Å². The van der Waals surface area contributed by atoms with Gasteiger partial charge in [0.1, 0.15) is 0 Å². The fourth-order valence-corrected chi connectivity index (χ4v) is 3.53. The second kappa shape index (κ2) is 8.67. The first kappa shape index (κ1) is 17.5. The van der Waals surface area contributed by atoms with Gasteiger partial charge in [0.15, 0.2) is 0 Å². The van der Waals surface area contributed by atoms with Crippen LogP contribution in [0.25, 0.3) is 0 Å². The minimum absolute atomic E-state index is 0.0599. The molecule has 0 radical (unpaired) electrons. The van der Waals surface area contributed by atoms with Crippen molar-refractivity contribution in [1.29, 1.82) is 0 Å². The van der Waals surface area contributed by atoms with Gasteiger partial charge in [-0.05, 0) is 30.9 Å². The number of benzene rings is 1. The van der Waals surface area contributed by atoms with E-state index in [2.05, 4.69) is 15.7 Å². The topological polar surface area (TPSA) is 79.2 Å². The number of aliphatic hydroxyl groups excluding tert-OH is 1. The molecule has 6 nitrogen and oxygen atoms in total. The molecular formula is C19H26N4O2. The lowest BCUT2D eigenvalue weighted by Gasteiger charge is -2.32. The molecule has 3 N–H and O–H groups in total. The number of nitrogens with one attached hydrogen (secondary N) is 2. The molecule has 0 aliphatic heterocycles. The fraction of sp³-hybridized carbons (Fsp3) is 0.474. The van der Waals surface area contributed by atoms with Crippen LogP contribution in [0.4, 0.5) is 4.79 Å². The average Bonchev–Trinajstić information content (AvgIpc) is 3.17. The van der Waals surface area contributed by atoms with Gasteiger partial charge < -0.3 is 15.7 Å². The van der Waals surface area contributed by atoms with E-state index in [1.165, 1.54) is 0 Å². The largest absolute Gasteiger partial charge is 0.394 e. The molecule has 0 spiro atoms. The fourth-order valence-electron chi connectivity index (χ4n) is 3.53. The van der Waals surface area contributed by atoms with E-state index in [1.807, 2.05) is 47.3 Å². The number of urea groups is 1. The third-order valence-electron chi connectivity index (χ3n) is 4.79. The minimum atomic E-state index is -0.297. The second-order valence-electron chi connectivity index (χ2n) is 6.63. The van der Waals surface area contributed by atoms with Crippen molar-refractivity contribution in [3.8, 4) is 0 Å². The van der Waals surface area contributed by atoms with Crippen LogP contribution in [-0.2, 0) is 6.42 Å². The molecule has 1 saturated carbocycles. The van der Waals surface area contributed by atoms with Crippen molar-refractivity contribution in [2.24, 2.45) is 0 Å². The number of rotatable bonds is 6. The Labute approximate surface area is 148 Å². The zero-order valence-electron chi connectivity index (χ0n) is 14.3. The molecule has 1 fully saturated rings. The normalized spacial score (nSPS) is 21.5. The molecule has 1 heterocycles. The lowest BCUT2D eigenvalue weighted by Crippen LogP contribution is -2.51. The first-order chi connectivity index (χ1) is 12.3. The number of carbonyl (C=O) groups excluding carboxylic acids is 1. The summed E-state index contributed by atoms with van der Waals surface area (Å²) in [6.07, 6.45) is 8.55. The standard InChI is InChI=1S/C19H26N4O2/c24-14-16(13-15-7-2-1-3-8-15)21-19(25)22-17-9-4-5-10-18(17)23-12-6-11-20-23/h1-3,6-8,11-12,16-18,24H,4-5,9-10,13-14H2,(H2,21,22,25)/t16-,17-,18+/m0/s1. The summed E-state index contributed by atoms with van der Waals surface area (Å²) in [5.74, 6) is 0. The number of carbonyl (C=O) groups is 1. The molecular weight excluding hydrogens is 316 g/mol. The molecule has 1 aromatic heterocycles. The Kier molecular flexibility index (Phi) is 6.06. The van der Waals surface area contributed by atoms with Crippen LogP contribution in [0.15, 0.2) is 48.8 Å². The first-order valence-electron chi connectivity index (χ1n) is 8.97. The molecule has 1 aliphatic carbocycles. The van der Waals surface area contributed by atoms with Gasteiger partial charge >= 0.3 is 6.03 Å². The van der Waals surface area contributed by atoms with Gasteiger partial charge in [-0.3, -0.25) is 4.68 Å². The Morgan fingerprint density at radius 3 is 2.76 bits per heavy atom. The molecule has 2 amide bonds. The van der Waals surface area contributed by atoms with Crippen LogP contribution in [0.3, 0.4) is 0 Å². The Hall–Kier alpha value is -2.34. The van der Waals surface area contributed by atoms with E-state index < -0.39 is 0 Å². The molecule has 3 atom stereocenters. The third kappa shape index (κ3) is 4.82. The van der Waals surface area contributed by atoms with E-state index in [1.54, 1.807) is 6.20 Å². The summed E-state index contributed by atoms with van der Waals surface area (Å²) in [6, 6.07) is 11.5. The van der Waals surface area contributed by atoms with Crippen LogP contribution in [0.1, 0.15) is 37.3 Å². The van der Waals surface area contributed by atoms with Crippen LogP contribution in [0.5, 0.6) is 0 Å². The summed E-state index contributed by atoms with van der Waals surface area (Å²) in [4.78, 5) is 12.4. The highest BCUT2D eigenvalue weighted by atomic mass is 16.3. The van der Waals surface area contributed by atoms with E-state index in [4.69, 9.17) is 0 Å². The summed E-state index contributed by atoms with van der Waals surface area (Å²) in [6.45, 7) is -0.0877. The van der Waals surface area contributed by atoms with Gasteiger partial charge in [0.2, 0.25) is 0 Å². The van der Waals surface area contributed by atoms with E-state index in [0.29, 0.717) is 6.42 Å². The zero-order valence-corrected chi connectivity index (χ0v) is 14.3. The van der Waals surface area contributed by atoms with Crippen molar-refractivity contribution in [3.05, 3.63) is 54.4 Å². The van der Waals surface area contributed by atoms with Crippen LogP contribution in [0, 0.1) is 0 Å². The SMILES string of the molecule is O=C(N[C@H](CO)Cc1ccccc1)N[C@H]1CCCC[C@H]1n1cccn1. The van der Waals surface area contributed by atoms with Crippen molar-refractivity contribution < 1.29 is 9.90 Å². The minimum Gasteiger partial charge on any atom is -0.394 e. The Morgan fingerprint density at radius 1 is 1.24 bits per heavy atom. The summed E-state index contributed by atoms with van der Waals surface area (Å²) in [7, 11) is 0. The van der Waals surface area contributed by atoms with Crippen molar-refractivity contribution >= 4 is 6.03 Å². The molecule has 25 heavy (non-hydrogen) atoms. The van der Waals surface area contributed by atoms with Crippen LogP contribution < -0.4 is 10.6 Å². The van der Waals surface area contributed by atoms with E-state index in [-0.39, 0.29) is 30.8 Å². The van der Waals surface area contributed by atoms with E-state index in [0.717, 1.165) is 31.2 Å². The van der Waals surface area contributed by atoms with Gasteiger partial charge in [-0.25, -0.2) is 4.79 Å². The van der Waals surface area contributed by atoms with Crippen LogP contribution in [-0.4, -0.2) is 39.6 Å². The molecule has 3 rings (SSSR count). The molecule has 1 aliphatic rings. The quantitative estimate of drug-likeness (QED) is 0.753. The smallest absolute Gasteiger partial charge is 0.315 e. The summed E-state index contributed by atoms with van der Waals surface area (Å²) in [5.41, 5.74) is 1.09. The molecule has 2 aromatic rings. The highest BCUT2D eigenvalue weighted by Crippen LogP contribution is 2.28. The van der Waals surface area contributed by atoms with Gasteiger partial charge in [0, 0.05) is 12.4 Å². The third-order valence-corrected chi connectivity index (χ3v) is 4.79. The molecule has 0 saturated heterocycles. The molecule has 1 aromatic carbocycles. The molecule has 0 bridgehead atoms.